The van der Waals surface area contributed by atoms with Crippen molar-refractivity contribution in [3.8, 4) is 0 Å². The maximum atomic E-state index is 13.0. The third kappa shape index (κ3) is 1.94. The smallest absolute Gasteiger partial charge is 0.130 e. The van der Waals surface area contributed by atoms with Crippen LogP contribution in [0, 0.1) is 5.82 Å². The first-order valence-corrected chi connectivity index (χ1v) is 3.78. The van der Waals surface area contributed by atoms with Crippen LogP contribution in [0.5, 0.6) is 0 Å². The highest BCUT2D eigenvalue weighted by molar-refractivity contribution is 6.30. The summed E-state index contributed by atoms with van der Waals surface area (Å²) in [7, 11) is 0. The number of benzene rings is 1. The van der Waals surface area contributed by atoms with Crippen LogP contribution in [0.2, 0.25) is 5.02 Å². The van der Waals surface area contributed by atoms with E-state index in [4.69, 9.17) is 16.9 Å². The SMILES string of the molecule is CC(OO)c1ccc(Cl)cc1F. The lowest BCUT2D eigenvalue weighted by Crippen LogP contribution is -1.99. The normalized spacial score (nSPS) is 13.0. The van der Waals surface area contributed by atoms with Gasteiger partial charge in [0.2, 0.25) is 0 Å². The van der Waals surface area contributed by atoms with Crippen molar-refractivity contribution in [1.29, 1.82) is 0 Å². The fraction of sp³-hybridized carbons (Fsp3) is 0.250. The number of hydrogen-bond acceptors (Lipinski definition) is 2. The van der Waals surface area contributed by atoms with E-state index in [1.165, 1.54) is 25.1 Å². The molecule has 0 radical (unpaired) electrons. The molecule has 0 bridgehead atoms. The molecule has 12 heavy (non-hydrogen) atoms. The fourth-order valence-electron chi connectivity index (χ4n) is 0.888. The first-order valence-electron chi connectivity index (χ1n) is 3.40. The molecule has 1 rings (SSSR count). The molecule has 1 unspecified atom stereocenters. The molecule has 0 saturated heterocycles. The number of hydrogen-bond donors (Lipinski definition) is 1. The van der Waals surface area contributed by atoms with Gasteiger partial charge in [0.15, 0.2) is 0 Å². The van der Waals surface area contributed by atoms with E-state index >= 15 is 0 Å². The zero-order valence-corrected chi connectivity index (χ0v) is 7.18. The molecule has 0 aromatic heterocycles. The van der Waals surface area contributed by atoms with Crippen LogP contribution < -0.4 is 0 Å². The van der Waals surface area contributed by atoms with Gasteiger partial charge in [-0.2, -0.15) is 0 Å². The molecule has 0 amide bonds. The van der Waals surface area contributed by atoms with E-state index in [9.17, 15) is 4.39 Å². The van der Waals surface area contributed by atoms with E-state index in [-0.39, 0.29) is 5.56 Å². The molecule has 0 spiro atoms. The van der Waals surface area contributed by atoms with Crippen LogP contribution >= 0.6 is 11.6 Å². The van der Waals surface area contributed by atoms with E-state index in [0.717, 1.165) is 0 Å². The van der Waals surface area contributed by atoms with E-state index < -0.39 is 11.9 Å². The Morgan fingerprint density at radius 2 is 2.25 bits per heavy atom. The van der Waals surface area contributed by atoms with Crippen molar-refractivity contribution in [3.05, 3.63) is 34.6 Å². The zero-order chi connectivity index (χ0) is 9.14. The van der Waals surface area contributed by atoms with Crippen LogP contribution in [0.3, 0.4) is 0 Å². The minimum Gasteiger partial charge on any atom is -0.251 e. The Hall–Kier alpha value is -0.640. The van der Waals surface area contributed by atoms with Crippen molar-refractivity contribution in [2.45, 2.75) is 13.0 Å². The van der Waals surface area contributed by atoms with Gasteiger partial charge in [-0.1, -0.05) is 17.7 Å². The summed E-state index contributed by atoms with van der Waals surface area (Å²) in [5, 5.41) is 8.60. The summed E-state index contributed by atoms with van der Waals surface area (Å²) in [6.45, 7) is 1.53. The van der Waals surface area contributed by atoms with E-state index in [0.29, 0.717) is 5.02 Å². The van der Waals surface area contributed by atoms with Gasteiger partial charge in [-0.15, -0.1) is 0 Å². The maximum Gasteiger partial charge on any atom is 0.130 e. The molecule has 1 atom stereocenters. The summed E-state index contributed by atoms with van der Waals surface area (Å²) in [6, 6.07) is 4.18. The van der Waals surface area contributed by atoms with Crippen molar-refractivity contribution >= 4 is 11.6 Å². The summed E-state index contributed by atoms with van der Waals surface area (Å²) in [6.07, 6.45) is -0.678. The second-order valence-electron chi connectivity index (χ2n) is 2.41. The zero-order valence-electron chi connectivity index (χ0n) is 6.42. The second kappa shape index (κ2) is 3.85. The van der Waals surface area contributed by atoms with Crippen LogP contribution in [0.1, 0.15) is 18.6 Å². The summed E-state index contributed by atoms with van der Waals surface area (Å²) in [5.41, 5.74) is 0.280. The molecule has 0 fully saturated rings. The Morgan fingerprint density at radius 1 is 1.58 bits per heavy atom. The third-order valence-electron chi connectivity index (χ3n) is 1.56. The molecule has 66 valence electrons. The van der Waals surface area contributed by atoms with Gasteiger partial charge in [0.05, 0.1) is 0 Å². The molecule has 4 heteroatoms. The second-order valence-corrected chi connectivity index (χ2v) is 2.85. The summed E-state index contributed by atoms with van der Waals surface area (Å²) >= 11 is 5.52. The predicted molar refractivity (Wildman–Crippen MR) is 43.5 cm³/mol. The van der Waals surface area contributed by atoms with E-state index in [1.807, 2.05) is 0 Å². The van der Waals surface area contributed by atoms with Gasteiger partial charge in [0.1, 0.15) is 11.9 Å². The van der Waals surface area contributed by atoms with Crippen molar-refractivity contribution in [1.82, 2.24) is 0 Å². The van der Waals surface area contributed by atoms with Crippen LogP contribution in [0.15, 0.2) is 18.2 Å². The molecule has 0 heterocycles. The minimum absolute atomic E-state index is 0.280. The monoisotopic (exact) mass is 190 g/mol. The van der Waals surface area contributed by atoms with Gasteiger partial charge in [-0.05, 0) is 19.1 Å². The lowest BCUT2D eigenvalue weighted by molar-refractivity contribution is -0.277. The molecule has 2 nitrogen and oxygen atoms in total. The molecule has 0 aliphatic carbocycles. The van der Waals surface area contributed by atoms with Gasteiger partial charge in [-0.3, -0.25) is 5.26 Å². The lowest BCUT2D eigenvalue weighted by atomic mass is 10.1. The average molecular weight is 191 g/mol. The van der Waals surface area contributed by atoms with Crippen LogP contribution in [0.25, 0.3) is 0 Å². The number of rotatable bonds is 2. The Labute approximate surface area is 74.5 Å². The minimum atomic E-state index is -0.678. The Kier molecular flexibility index (Phi) is 3.03. The lowest BCUT2D eigenvalue weighted by Gasteiger charge is -2.08. The molecular formula is C8H8ClFO2. The first-order chi connectivity index (χ1) is 5.65. The van der Waals surface area contributed by atoms with Crippen LogP contribution in [0.4, 0.5) is 4.39 Å². The van der Waals surface area contributed by atoms with Crippen molar-refractivity contribution < 1.29 is 14.5 Å². The molecule has 1 aromatic carbocycles. The summed E-state index contributed by atoms with van der Waals surface area (Å²) in [5.74, 6) is -0.482. The Balaban J connectivity index is 3.01. The molecule has 0 aliphatic heterocycles. The van der Waals surface area contributed by atoms with Gasteiger partial charge < -0.3 is 0 Å². The molecule has 1 N–H and O–H groups in total. The average Bonchev–Trinajstić information content (AvgIpc) is 2.03. The summed E-state index contributed by atoms with van der Waals surface area (Å²) in [4.78, 5) is 3.97. The van der Waals surface area contributed by atoms with Crippen LogP contribution in [-0.4, -0.2) is 5.26 Å². The topological polar surface area (TPSA) is 29.5 Å². The standard InChI is InChI=1S/C8H8ClFO2/c1-5(12-11)7-3-2-6(9)4-8(7)10/h2-5,11H,1H3. The van der Waals surface area contributed by atoms with Gasteiger partial charge >= 0.3 is 0 Å². The van der Waals surface area contributed by atoms with E-state index in [2.05, 4.69) is 4.89 Å². The van der Waals surface area contributed by atoms with Crippen molar-refractivity contribution in [2.75, 3.05) is 0 Å². The molecule has 1 aromatic rings. The highest BCUT2D eigenvalue weighted by Gasteiger charge is 2.10. The first kappa shape index (κ1) is 9.45. The van der Waals surface area contributed by atoms with E-state index in [1.54, 1.807) is 0 Å². The fourth-order valence-corrected chi connectivity index (χ4v) is 1.05. The quantitative estimate of drug-likeness (QED) is 0.574. The molecule has 0 saturated carbocycles. The Morgan fingerprint density at radius 3 is 2.75 bits per heavy atom. The largest absolute Gasteiger partial charge is 0.251 e. The Bertz CT molecular complexity index is 278. The highest BCUT2D eigenvalue weighted by atomic mass is 35.5. The van der Waals surface area contributed by atoms with Gasteiger partial charge in [0.25, 0.3) is 0 Å². The maximum absolute atomic E-state index is 13.0. The van der Waals surface area contributed by atoms with Gasteiger partial charge in [0, 0.05) is 10.6 Å². The number of halogens is 2. The molecule has 0 aliphatic rings. The van der Waals surface area contributed by atoms with Gasteiger partial charge in [-0.25, -0.2) is 9.28 Å². The predicted octanol–water partition coefficient (Wildman–Crippen LogP) is 3.03. The summed E-state index contributed by atoms with van der Waals surface area (Å²) < 4.78 is 13.0. The molecular weight excluding hydrogens is 183 g/mol. The van der Waals surface area contributed by atoms with Crippen molar-refractivity contribution in [2.24, 2.45) is 0 Å². The third-order valence-corrected chi connectivity index (χ3v) is 1.79. The van der Waals surface area contributed by atoms with Crippen molar-refractivity contribution in [3.63, 3.8) is 0 Å². The van der Waals surface area contributed by atoms with Crippen LogP contribution in [-0.2, 0) is 4.89 Å². The highest BCUT2D eigenvalue weighted by Crippen LogP contribution is 2.21.